The monoisotopic (exact) mass is 168 g/mol. The molecule has 0 spiro atoms. The molecule has 1 saturated carbocycles. The van der Waals surface area contributed by atoms with E-state index >= 15 is 0 Å². The molecule has 1 aromatic rings. The van der Waals surface area contributed by atoms with Gasteiger partial charge in [-0.05, 0) is 12.8 Å². The molecular weight excluding hydrogens is 156 g/mol. The fraction of sp³-hybridized carbons (Fsp3) is 0.625. The molecule has 1 heterocycles. The number of aliphatic hydroxyl groups is 1. The van der Waals surface area contributed by atoms with E-state index in [0.29, 0.717) is 6.54 Å². The average molecular weight is 168 g/mol. The van der Waals surface area contributed by atoms with E-state index in [2.05, 4.69) is 10.3 Å². The Morgan fingerprint density at radius 2 is 2.58 bits per heavy atom. The second-order valence-electron chi connectivity index (χ2n) is 3.11. The van der Waals surface area contributed by atoms with Crippen LogP contribution in [0.4, 0.5) is 0 Å². The lowest BCUT2D eigenvalue weighted by atomic mass is 9.89. The van der Waals surface area contributed by atoms with Crippen LogP contribution in [0.1, 0.15) is 18.5 Å². The number of rotatable bonds is 3. The standard InChI is InChI=1S/C8H12N2O2/c11-8-2-1-7(8)9-3-6-4-12-5-10-6/h4-5,7-9,11H,1-3H2. The van der Waals surface area contributed by atoms with Gasteiger partial charge < -0.3 is 14.8 Å². The molecule has 1 fully saturated rings. The lowest BCUT2D eigenvalue weighted by Gasteiger charge is -2.32. The predicted molar refractivity (Wildman–Crippen MR) is 42.4 cm³/mol. The van der Waals surface area contributed by atoms with Crippen LogP contribution in [0, 0.1) is 0 Å². The third-order valence-electron chi connectivity index (χ3n) is 2.27. The van der Waals surface area contributed by atoms with Gasteiger partial charge in [-0.2, -0.15) is 0 Å². The van der Waals surface area contributed by atoms with Crippen molar-refractivity contribution in [3.8, 4) is 0 Å². The smallest absolute Gasteiger partial charge is 0.180 e. The molecule has 4 heteroatoms. The average Bonchev–Trinajstić information content (AvgIpc) is 2.54. The summed E-state index contributed by atoms with van der Waals surface area (Å²) in [6.07, 6.45) is 4.82. The van der Waals surface area contributed by atoms with Gasteiger partial charge in [-0.1, -0.05) is 0 Å². The second-order valence-corrected chi connectivity index (χ2v) is 3.11. The van der Waals surface area contributed by atoms with Gasteiger partial charge in [0.15, 0.2) is 6.39 Å². The lowest BCUT2D eigenvalue weighted by molar-refractivity contribution is 0.0491. The molecule has 0 aliphatic heterocycles. The van der Waals surface area contributed by atoms with Crippen molar-refractivity contribution < 1.29 is 9.52 Å². The van der Waals surface area contributed by atoms with Gasteiger partial charge in [-0.3, -0.25) is 0 Å². The molecule has 0 aromatic carbocycles. The van der Waals surface area contributed by atoms with Crippen LogP contribution in [-0.2, 0) is 6.54 Å². The van der Waals surface area contributed by atoms with Crippen molar-refractivity contribution in [3.05, 3.63) is 18.4 Å². The Labute approximate surface area is 70.6 Å². The first-order valence-electron chi connectivity index (χ1n) is 4.15. The number of oxazole rings is 1. The van der Waals surface area contributed by atoms with Crippen LogP contribution in [0.3, 0.4) is 0 Å². The van der Waals surface area contributed by atoms with Gasteiger partial charge in [0.2, 0.25) is 0 Å². The molecule has 0 saturated heterocycles. The van der Waals surface area contributed by atoms with E-state index < -0.39 is 0 Å². The molecule has 0 amide bonds. The van der Waals surface area contributed by atoms with E-state index in [4.69, 9.17) is 4.42 Å². The zero-order valence-corrected chi connectivity index (χ0v) is 6.73. The minimum absolute atomic E-state index is 0.170. The summed E-state index contributed by atoms with van der Waals surface area (Å²) >= 11 is 0. The van der Waals surface area contributed by atoms with Crippen LogP contribution in [-0.4, -0.2) is 22.2 Å². The van der Waals surface area contributed by atoms with Gasteiger partial charge in [-0.25, -0.2) is 4.98 Å². The van der Waals surface area contributed by atoms with Crippen LogP contribution >= 0.6 is 0 Å². The molecule has 4 nitrogen and oxygen atoms in total. The molecule has 2 rings (SSSR count). The van der Waals surface area contributed by atoms with Gasteiger partial charge >= 0.3 is 0 Å². The number of aromatic nitrogens is 1. The van der Waals surface area contributed by atoms with E-state index in [1.807, 2.05) is 0 Å². The normalized spacial score (nSPS) is 28.4. The highest BCUT2D eigenvalue weighted by molar-refractivity contribution is 4.93. The van der Waals surface area contributed by atoms with Crippen molar-refractivity contribution in [2.75, 3.05) is 0 Å². The summed E-state index contributed by atoms with van der Waals surface area (Å²) in [4.78, 5) is 3.96. The summed E-state index contributed by atoms with van der Waals surface area (Å²) in [7, 11) is 0. The van der Waals surface area contributed by atoms with Crippen LogP contribution in [0.5, 0.6) is 0 Å². The SMILES string of the molecule is OC1CCC1NCc1cocn1. The minimum Gasteiger partial charge on any atom is -0.451 e. The summed E-state index contributed by atoms with van der Waals surface area (Å²) in [6, 6.07) is 0.252. The summed E-state index contributed by atoms with van der Waals surface area (Å²) in [5.74, 6) is 0. The van der Waals surface area contributed by atoms with Gasteiger partial charge in [0.1, 0.15) is 6.26 Å². The summed E-state index contributed by atoms with van der Waals surface area (Å²) < 4.78 is 4.81. The summed E-state index contributed by atoms with van der Waals surface area (Å²) in [5.41, 5.74) is 0.883. The van der Waals surface area contributed by atoms with Crippen molar-refractivity contribution in [1.82, 2.24) is 10.3 Å². The van der Waals surface area contributed by atoms with Crippen LogP contribution in [0.15, 0.2) is 17.1 Å². The van der Waals surface area contributed by atoms with E-state index in [-0.39, 0.29) is 12.1 Å². The van der Waals surface area contributed by atoms with Crippen molar-refractivity contribution in [1.29, 1.82) is 0 Å². The first-order valence-corrected chi connectivity index (χ1v) is 4.15. The molecule has 2 unspecified atom stereocenters. The predicted octanol–water partition coefficient (Wildman–Crippen LogP) is 0.287. The van der Waals surface area contributed by atoms with Gasteiger partial charge in [0.05, 0.1) is 11.8 Å². The maximum Gasteiger partial charge on any atom is 0.180 e. The maximum absolute atomic E-state index is 9.23. The van der Waals surface area contributed by atoms with Crippen molar-refractivity contribution in [2.24, 2.45) is 0 Å². The quantitative estimate of drug-likeness (QED) is 0.681. The van der Waals surface area contributed by atoms with E-state index in [9.17, 15) is 5.11 Å². The third kappa shape index (κ3) is 1.49. The Morgan fingerprint density at radius 3 is 3.08 bits per heavy atom. The first-order chi connectivity index (χ1) is 5.86. The molecule has 2 atom stereocenters. The molecule has 0 radical (unpaired) electrons. The molecule has 1 aliphatic carbocycles. The Kier molecular flexibility index (Phi) is 2.10. The first kappa shape index (κ1) is 7.76. The Bertz CT molecular complexity index is 235. The minimum atomic E-state index is -0.170. The Balaban J connectivity index is 1.75. The summed E-state index contributed by atoms with van der Waals surface area (Å²) in [5, 5.41) is 12.4. The third-order valence-corrected chi connectivity index (χ3v) is 2.27. The van der Waals surface area contributed by atoms with Crippen LogP contribution in [0.25, 0.3) is 0 Å². The van der Waals surface area contributed by atoms with Crippen LogP contribution < -0.4 is 5.32 Å². The second kappa shape index (κ2) is 3.25. The van der Waals surface area contributed by atoms with E-state index in [0.717, 1.165) is 18.5 Å². The Morgan fingerprint density at radius 1 is 1.67 bits per heavy atom. The Hall–Kier alpha value is -0.870. The fourth-order valence-electron chi connectivity index (χ4n) is 1.28. The molecule has 66 valence electrons. The number of hydrogen-bond acceptors (Lipinski definition) is 4. The van der Waals surface area contributed by atoms with Crippen molar-refractivity contribution in [3.63, 3.8) is 0 Å². The number of hydrogen-bond donors (Lipinski definition) is 2. The topological polar surface area (TPSA) is 58.3 Å². The molecular formula is C8H12N2O2. The highest BCUT2D eigenvalue weighted by Crippen LogP contribution is 2.19. The summed E-state index contributed by atoms with van der Waals surface area (Å²) in [6.45, 7) is 0.679. The zero-order valence-electron chi connectivity index (χ0n) is 6.73. The lowest BCUT2D eigenvalue weighted by Crippen LogP contribution is -2.47. The molecule has 12 heavy (non-hydrogen) atoms. The molecule has 2 N–H and O–H groups in total. The van der Waals surface area contributed by atoms with Crippen molar-refractivity contribution in [2.45, 2.75) is 31.5 Å². The van der Waals surface area contributed by atoms with Gasteiger partial charge in [-0.15, -0.1) is 0 Å². The van der Waals surface area contributed by atoms with Gasteiger partial charge in [0.25, 0.3) is 0 Å². The number of aliphatic hydroxyl groups excluding tert-OH is 1. The fourth-order valence-corrected chi connectivity index (χ4v) is 1.28. The molecule has 0 bridgehead atoms. The number of nitrogens with zero attached hydrogens (tertiary/aromatic N) is 1. The van der Waals surface area contributed by atoms with Crippen LogP contribution in [0.2, 0.25) is 0 Å². The van der Waals surface area contributed by atoms with E-state index in [1.54, 1.807) is 6.26 Å². The highest BCUT2D eigenvalue weighted by atomic mass is 16.3. The number of nitrogens with one attached hydrogen (secondary N) is 1. The van der Waals surface area contributed by atoms with Gasteiger partial charge in [0, 0.05) is 12.6 Å². The highest BCUT2D eigenvalue weighted by Gasteiger charge is 2.27. The molecule has 1 aromatic heterocycles. The largest absolute Gasteiger partial charge is 0.451 e. The van der Waals surface area contributed by atoms with E-state index in [1.165, 1.54) is 6.39 Å². The molecule has 1 aliphatic rings. The van der Waals surface area contributed by atoms with Crippen molar-refractivity contribution >= 4 is 0 Å². The zero-order chi connectivity index (χ0) is 8.39. The maximum atomic E-state index is 9.23.